The lowest BCUT2D eigenvalue weighted by Gasteiger charge is -2.28. The van der Waals surface area contributed by atoms with E-state index in [4.69, 9.17) is 4.74 Å². The largest absolute Gasteiger partial charge is 0.393 e. The minimum Gasteiger partial charge on any atom is -0.393 e. The predicted octanol–water partition coefficient (Wildman–Crippen LogP) is 4.02. The average Bonchev–Trinajstić information content (AvgIpc) is 2.95. The summed E-state index contributed by atoms with van der Waals surface area (Å²) in [5, 5.41) is 28.3. The summed E-state index contributed by atoms with van der Waals surface area (Å²) in [5.41, 5.74) is 4.18. The number of aliphatic hydroxyl groups excluding tert-OH is 1. The molecule has 2 fully saturated rings. The van der Waals surface area contributed by atoms with Gasteiger partial charge in [0, 0.05) is 42.3 Å². The summed E-state index contributed by atoms with van der Waals surface area (Å²) in [7, 11) is 0. The molecular weight excluding hydrogens is 482 g/mol. The lowest BCUT2D eigenvalue weighted by Crippen LogP contribution is -2.41. The zero-order valence-electron chi connectivity index (χ0n) is 21.1. The molecule has 10 heteroatoms. The van der Waals surface area contributed by atoms with Crippen LogP contribution in [0.3, 0.4) is 0 Å². The van der Waals surface area contributed by atoms with Crippen molar-refractivity contribution < 1.29 is 14.6 Å². The van der Waals surface area contributed by atoms with Gasteiger partial charge in [-0.1, -0.05) is 6.07 Å². The van der Waals surface area contributed by atoms with Gasteiger partial charge in [-0.05, 0) is 68.1 Å². The standard InChI is InChI=1S/C28H31N7O3/c29-18-20-17-19(1-10-25(20)34-28(37)32-22-4-8-24(36)9-5-22)26-11-12-30-27(33-26)31-21-2-6-23(7-3-21)35-13-15-38-16-14-35/h1-3,6-7,10-12,17,22,24,36H,4-5,8-9,13-16H2,(H,30,31,33)(H2,32,34,37). The molecule has 1 saturated carbocycles. The van der Waals surface area contributed by atoms with Crippen LogP contribution in [-0.2, 0) is 4.74 Å². The van der Waals surface area contributed by atoms with E-state index >= 15 is 0 Å². The third kappa shape index (κ3) is 6.37. The number of urea groups is 1. The van der Waals surface area contributed by atoms with Crippen molar-refractivity contribution in [1.82, 2.24) is 15.3 Å². The topological polar surface area (TPSA) is 135 Å². The Morgan fingerprint density at radius 3 is 2.55 bits per heavy atom. The van der Waals surface area contributed by atoms with Crippen LogP contribution in [0.4, 0.5) is 27.8 Å². The number of benzene rings is 2. The number of rotatable bonds is 6. The molecule has 10 nitrogen and oxygen atoms in total. The van der Waals surface area contributed by atoms with Crippen LogP contribution in [0, 0.1) is 11.3 Å². The van der Waals surface area contributed by atoms with Crippen molar-refractivity contribution in [1.29, 1.82) is 5.26 Å². The number of hydrogen-bond donors (Lipinski definition) is 4. The Morgan fingerprint density at radius 1 is 1.05 bits per heavy atom. The van der Waals surface area contributed by atoms with Crippen LogP contribution in [0.1, 0.15) is 31.2 Å². The summed E-state index contributed by atoms with van der Waals surface area (Å²) in [4.78, 5) is 23.7. The lowest BCUT2D eigenvalue weighted by molar-refractivity contribution is 0.118. The maximum absolute atomic E-state index is 12.5. The van der Waals surface area contributed by atoms with Crippen LogP contribution in [0.2, 0.25) is 0 Å². The molecule has 0 bridgehead atoms. The van der Waals surface area contributed by atoms with Crippen molar-refractivity contribution in [2.45, 2.75) is 37.8 Å². The molecule has 2 amide bonds. The van der Waals surface area contributed by atoms with E-state index in [1.807, 2.05) is 18.2 Å². The van der Waals surface area contributed by atoms with Crippen LogP contribution < -0.4 is 20.9 Å². The minimum atomic E-state index is -0.358. The summed E-state index contributed by atoms with van der Waals surface area (Å²) in [6.07, 6.45) is 4.21. The highest BCUT2D eigenvalue weighted by Gasteiger charge is 2.21. The number of anilines is 4. The van der Waals surface area contributed by atoms with Gasteiger partial charge in [0.05, 0.1) is 36.3 Å². The second-order valence-electron chi connectivity index (χ2n) is 9.51. The molecule has 38 heavy (non-hydrogen) atoms. The molecule has 2 aliphatic rings. The molecule has 3 aromatic rings. The third-order valence-electron chi connectivity index (χ3n) is 6.87. The Morgan fingerprint density at radius 2 is 1.82 bits per heavy atom. The predicted molar refractivity (Wildman–Crippen MR) is 145 cm³/mol. The number of carbonyl (C=O) groups excluding carboxylic acids is 1. The Hall–Kier alpha value is -4.20. The quantitative estimate of drug-likeness (QED) is 0.388. The van der Waals surface area contributed by atoms with E-state index in [1.54, 1.807) is 24.4 Å². The van der Waals surface area contributed by atoms with E-state index in [-0.39, 0.29) is 18.2 Å². The first-order chi connectivity index (χ1) is 18.6. The Labute approximate surface area is 221 Å². The van der Waals surface area contributed by atoms with Crippen LogP contribution in [0.25, 0.3) is 11.3 Å². The first-order valence-corrected chi connectivity index (χ1v) is 12.9. The zero-order chi connectivity index (χ0) is 26.3. The SMILES string of the molecule is N#Cc1cc(-c2ccnc(Nc3ccc(N4CCOCC4)cc3)n2)ccc1NC(=O)NC1CCC(O)CC1. The number of aliphatic hydroxyl groups is 1. The van der Waals surface area contributed by atoms with Gasteiger partial charge in [-0.15, -0.1) is 0 Å². The van der Waals surface area contributed by atoms with Gasteiger partial charge in [-0.3, -0.25) is 0 Å². The fourth-order valence-electron chi connectivity index (χ4n) is 4.75. The monoisotopic (exact) mass is 513 g/mol. The number of aromatic nitrogens is 2. The smallest absolute Gasteiger partial charge is 0.319 e. The summed E-state index contributed by atoms with van der Waals surface area (Å²) >= 11 is 0. The molecule has 0 unspecified atom stereocenters. The summed E-state index contributed by atoms with van der Waals surface area (Å²) in [5.74, 6) is 0.444. The van der Waals surface area contributed by atoms with Crippen LogP contribution in [0.5, 0.6) is 0 Å². The maximum atomic E-state index is 12.5. The van der Waals surface area contributed by atoms with Gasteiger partial charge in [0.2, 0.25) is 5.95 Å². The van der Waals surface area contributed by atoms with Crippen molar-refractivity contribution in [2.24, 2.45) is 0 Å². The van der Waals surface area contributed by atoms with E-state index in [0.29, 0.717) is 35.7 Å². The van der Waals surface area contributed by atoms with Crippen molar-refractivity contribution >= 4 is 29.0 Å². The highest BCUT2D eigenvalue weighted by Crippen LogP contribution is 2.26. The Kier molecular flexibility index (Phi) is 7.97. The summed E-state index contributed by atoms with van der Waals surface area (Å²) in [6, 6.07) is 16.9. The summed E-state index contributed by atoms with van der Waals surface area (Å²) in [6.45, 7) is 3.25. The van der Waals surface area contributed by atoms with Gasteiger partial charge in [0.15, 0.2) is 0 Å². The first kappa shape index (κ1) is 25.4. The van der Waals surface area contributed by atoms with E-state index in [1.165, 1.54) is 0 Å². The Balaban J connectivity index is 1.24. The molecule has 196 valence electrons. The zero-order valence-corrected chi connectivity index (χ0v) is 21.1. The first-order valence-electron chi connectivity index (χ1n) is 12.9. The van der Waals surface area contributed by atoms with E-state index in [2.05, 4.69) is 49.0 Å². The molecule has 1 saturated heterocycles. The number of ether oxygens (including phenoxy) is 1. The van der Waals surface area contributed by atoms with Gasteiger partial charge >= 0.3 is 6.03 Å². The molecule has 2 heterocycles. The third-order valence-corrected chi connectivity index (χ3v) is 6.87. The number of hydrogen-bond acceptors (Lipinski definition) is 8. The van der Waals surface area contributed by atoms with Crippen LogP contribution >= 0.6 is 0 Å². The molecule has 1 aliphatic carbocycles. The molecule has 4 N–H and O–H groups in total. The van der Waals surface area contributed by atoms with Gasteiger partial charge in [-0.2, -0.15) is 5.26 Å². The Bertz CT molecular complexity index is 1290. The highest BCUT2D eigenvalue weighted by molar-refractivity contribution is 5.91. The number of morpholine rings is 1. The lowest BCUT2D eigenvalue weighted by atomic mass is 9.93. The molecule has 2 aromatic carbocycles. The minimum absolute atomic E-state index is 0.0192. The van der Waals surface area contributed by atoms with Gasteiger partial charge in [0.25, 0.3) is 0 Å². The highest BCUT2D eigenvalue weighted by atomic mass is 16.5. The molecule has 0 spiro atoms. The van der Waals surface area contributed by atoms with Gasteiger partial charge in [0.1, 0.15) is 6.07 Å². The second kappa shape index (κ2) is 11.9. The van der Waals surface area contributed by atoms with Crippen molar-refractivity contribution in [2.75, 3.05) is 41.8 Å². The molecule has 1 aliphatic heterocycles. The molecule has 5 rings (SSSR count). The van der Waals surface area contributed by atoms with Crippen LogP contribution in [0.15, 0.2) is 54.7 Å². The fourth-order valence-corrected chi connectivity index (χ4v) is 4.75. The van der Waals surface area contributed by atoms with Crippen molar-refractivity contribution in [3.05, 3.63) is 60.3 Å². The molecule has 0 radical (unpaired) electrons. The number of carbonyl (C=O) groups is 1. The number of nitrogens with one attached hydrogen (secondary N) is 3. The number of nitrogens with zero attached hydrogens (tertiary/aromatic N) is 4. The van der Waals surface area contributed by atoms with Gasteiger partial charge in [-0.25, -0.2) is 14.8 Å². The summed E-state index contributed by atoms with van der Waals surface area (Å²) < 4.78 is 5.42. The van der Waals surface area contributed by atoms with Crippen molar-refractivity contribution in [3.8, 4) is 17.3 Å². The molecular formula is C28H31N7O3. The number of amides is 2. The fraction of sp³-hybridized carbons (Fsp3) is 0.357. The van der Waals surface area contributed by atoms with E-state index < -0.39 is 0 Å². The molecule has 0 atom stereocenters. The maximum Gasteiger partial charge on any atom is 0.319 e. The average molecular weight is 514 g/mol. The normalized spacial score (nSPS) is 19.3. The van der Waals surface area contributed by atoms with Gasteiger partial charge < -0.3 is 30.7 Å². The molecule has 1 aromatic heterocycles. The van der Waals surface area contributed by atoms with E-state index in [9.17, 15) is 15.2 Å². The van der Waals surface area contributed by atoms with E-state index in [0.717, 1.165) is 56.1 Å². The van der Waals surface area contributed by atoms with Crippen LogP contribution in [-0.4, -0.2) is 59.6 Å². The number of nitriles is 1. The second-order valence-corrected chi connectivity index (χ2v) is 9.51. The van der Waals surface area contributed by atoms with Crippen molar-refractivity contribution in [3.63, 3.8) is 0 Å².